The minimum Gasteiger partial charge on any atom is -0.434 e. The Hall–Kier alpha value is -2.85. The van der Waals surface area contributed by atoms with Crippen LogP contribution in [0.3, 0.4) is 0 Å². The summed E-state index contributed by atoms with van der Waals surface area (Å²) in [6.45, 7) is 1.95. The van der Waals surface area contributed by atoms with Crippen molar-refractivity contribution >= 4 is 34.9 Å². The van der Waals surface area contributed by atoms with Gasteiger partial charge >= 0.3 is 24.4 Å². The second-order valence-corrected chi connectivity index (χ2v) is 10.1. The molecule has 17 heteroatoms. The van der Waals surface area contributed by atoms with Gasteiger partial charge in [-0.1, -0.05) is 25.4 Å². The molecule has 1 amide bonds. The number of nitrogens with zero attached hydrogens (tertiary/aromatic N) is 3. The third-order valence-corrected chi connectivity index (χ3v) is 7.01. The largest absolute Gasteiger partial charge is 0.434 e. The molecular formula is C24H31ClF5N5O5S. The lowest BCUT2D eigenvalue weighted by molar-refractivity contribution is -0.142. The molecule has 41 heavy (non-hydrogen) atoms. The third-order valence-electron chi connectivity index (χ3n) is 6.65. The molecule has 1 aliphatic carbocycles. The van der Waals surface area contributed by atoms with Crippen molar-refractivity contribution in [3.63, 3.8) is 0 Å². The summed E-state index contributed by atoms with van der Waals surface area (Å²) in [4.78, 5) is 16.9. The van der Waals surface area contributed by atoms with Crippen molar-refractivity contribution < 1.29 is 45.0 Å². The Morgan fingerprint density at radius 1 is 1.29 bits per heavy atom. The number of hydrogen-bond acceptors (Lipinski definition) is 8. The fraction of sp³-hybridized carbons (Fsp3) is 0.625. The maximum Gasteiger partial charge on any atom is 0.408 e. The van der Waals surface area contributed by atoms with Gasteiger partial charge < -0.3 is 20.5 Å². The second kappa shape index (κ2) is 14.9. The summed E-state index contributed by atoms with van der Waals surface area (Å²) in [6.07, 6.45) is -1.16. The molecular weight excluding hydrogens is 601 g/mol. The van der Waals surface area contributed by atoms with Crippen LogP contribution in [0, 0.1) is 5.92 Å². The van der Waals surface area contributed by atoms with E-state index in [9.17, 15) is 31.9 Å². The molecule has 1 aliphatic rings. The predicted octanol–water partition coefficient (Wildman–Crippen LogP) is 4.97. The first-order chi connectivity index (χ1) is 19.2. The lowest BCUT2D eigenvalue weighted by Gasteiger charge is -2.34. The molecule has 2 aromatic heterocycles. The topological polar surface area (TPSA) is 135 Å². The number of halogens is 6. The van der Waals surface area contributed by atoms with Crippen LogP contribution in [0.4, 0.5) is 27.8 Å². The number of ether oxygens (including phenoxy) is 1. The van der Waals surface area contributed by atoms with Crippen LogP contribution in [0.5, 0.6) is 5.75 Å². The second-order valence-electron chi connectivity index (χ2n) is 9.58. The predicted molar refractivity (Wildman–Crippen MR) is 140 cm³/mol. The summed E-state index contributed by atoms with van der Waals surface area (Å²) in [5, 5.41) is 19.6. The van der Waals surface area contributed by atoms with Gasteiger partial charge in [-0.05, 0) is 44.9 Å². The van der Waals surface area contributed by atoms with E-state index in [1.54, 1.807) is 6.92 Å². The average molecular weight is 632 g/mol. The Morgan fingerprint density at radius 3 is 2.41 bits per heavy atom. The Kier molecular flexibility index (Phi) is 12.5. The summed E-state index contributed by atoms with van der Waals surface area (Å²) >= 11 is 5.74. The normalized spacial score (nSPS) is 19.6. The van der Waals surface area contributed by atoms with Crippen molar-refractivity contribution in [3.05, 3.63) is 23.0 Å². The number of carbonyl (C=O) groups excluding carboxylic acids is 1. The van der Waals surface area contributed by atoms with Crippen LogP contribution in [-0.4, -0.2) is 65.2 Å². The molecule has 0 spiro atoms. The van der Waals surface area contributed by atoms with Crippen molar-refractivity contribution in [3.8, 4) is 17.0 Å². The van der Waals surface area contributed by atoms with E-state index in [2.05, 4.69) is 32.4 Å². The van der Waals surface area contributed by atoms with Crippen molar-refractivity contribution in [2.75, 3.05) is 11.9 Å². The zero-order valence-electron chi connectivity index (χ0n) is 22.4. The summed E-state index contributed by atoms with van der Waals surface area (Å²) in [7, 11) is 0. The number of alkyl halides is 5. The van der Waals surface area contributed by atoms with Gasteiger partial charge in [-0.3, -0.25) is 9.48 Å². The van der Waals surface area contributed by atoms with Crippen molar-refractivity contribution in [2.24, 2.45) is 5.92 Å². The maximum atomic E-state index is 13.2. The van der Waals surface area contributed by atoms with Crippen LogP contribution in [0.2, 0.25) is 5.02 Å². The number of amides is 1. The Labute approximate surface area is 241 Å². The van der Waals surface area contributed by atoms with E-state index in [0.29, 0.717) is 18.8 Å². The fourth-order valence-corrected chi connectivity index (χ4v) is 4.68. The molecule has 0 radical (unpaired) electrons. The first kappa shape index (κ1) is 34.4. The zero-order chi connectivity index (χ0) is 31.0. The standard InChI is InChI=1S/C24H31ClF5N5O3.O2S/c1-4-16(24(28,29)30)33-17-10-15(38-22(26)27)14(11-31-17)20-18(25)19(34-35(20)5-2)21(36)32-12-23(37)8-6-13(3)7-9-23;1-3-2/h10-11,13,16,22,37H,4-9,12H2,1-3H3,(H,31,33)(H,32,36);/t13?,16-,23?;/m0./s1. The first-order valence-corrected chi connectivity index (χ1v) is 13.7. The zero-order valence-corrected chi connectivity index (χ0v) is 24.0. The van der Waals surface area contributed by atoms with E-state index in [1.165, 1.54) is 11.6 Å². The number of nitrogens with one attached hydrogen (secondary N) is 2. The average Bonchev–Trinajstić information content (AvgIpc) is 3.23. The molecule has 1 saturated carbocycles. The summed E-state index contributed by atoms with van der Waals surface area (Å²) < 4.78 is 88.5. The van der Waals surface area contributed by atoms with Crippen molar-refractivity contribution in [2.45, 2.75) is 83.9 Å². The monoisotopic (exact) mass is 631 g/mol. The molecule has 0 unspecified atom stereocenters. The number of rotatable bonds is 10. The van der Waals surface area contributed by atoms with Gasteiger partial charge in [-0.2, -0.15) is 35.5 Å². The van der Waals surface area contributed by atoms with E-state index in [1.807, 2.05) is 0 Å². The van der Waals surface area contributed by atoms with Gasteiger partial charge in [0, 0.05) is 25.4 Å². The molecule has 230 valence electrons. The van der Waals surface area contributed by atoms with Gasteiger partial charge in [0.05, 0.1) is 21.9 Å². The summed E-state index contributed by atoms with van der Waals surface area (Å²) in [5.41, 5.74) is -1.32. The molecule has 0 aromatic carbocycles. The molecule has 0 bridgehead atoms. The highest BCUT2D eigenvalue weighted by Gasteiger charge is 2.39. The quantitative estimate of drug-likeness (QED) is 0.313. The van der Waals surface area contributed by atoms with E-state index in [-0.39, 0.29) is 47.3 Å². The molecule has 0 saturated heterocycles. The Balaban J connectivity index is 0.00000187. The number of aryl methyl sites for hydroxylation is 1. The van der Waals surface area contributed by atoms with Crippen LogP contribution in [0.15, 0.2) is 12.3 Å². The number of anilines is 1. The molecule has 2 aromatic rings. The molecule has 1 fully saturated rings. The number of aliphatic hydroxyl groups is 1. The van der Waals surface area contributed by atoms with Crippen molar-refractivity contribution in [1.29, 1.82) is 0 Å². The molecule has 3 N–H and O–H groups in total. The van der Waals surface area contributed by atoms with Crippen LogP contribution in [-0.2, 0) is 18.1 Å². The van der Waals surface area contributed by atoms with Gasteiger partial charge in [0.2, 0.25) is 0 Å². The van der Waals surface area contributed by atoms with Crippen molar-refractivity contribution in [1.82, 2.24) is 20.1 Å². The lowest BCUT2D eigenvalue weighted by atomic mass is 9.79. The fourth-order valence-electron chi connectivity index (χ4n) is 4.36. The van der Waals surface area contributed by atoms with E-state index >= 15 is 0 Å². The van der Waals surface area contributed by atoms with Crippen LogP contribution in [0.1, 0.15) is 63.4 Å². The highest BCUT2D eigenvalue weighted by atomic mass is 35.5. The van der Waals surface area contributed by atoms with Gasteiger partial charge in [0.15, 0.2) is 5.69 Å². The highest BCUT2D eigenvalue weighted by Crippen LogP contribution is 2.39. The molecule has 3 rings (SSSR count). The SMILES string of the molecule is CC[C@H](Nc1cc(OC(F)F)c(-c2c(Cl)c(C(=O)NCC3(O)CCC(C)CC3)nn2CC)cn1)C(F)(F)F.O=S=O. The molecule has 0 aliphatic heterocycles. The van der Waals surface area contributed by atoms with Crippen LogP contribution < -0.4 is 15.4 Å². The third kappa shape index (κ3) is 9.33. The minimum atomic E-state index is -4.59. The summed E-state index contributed by atoms with van der Waals surface area (Å²) in [6, 6.07) is -1.04. The maximum absolute atomic E-state index is 13.2. The van der Waals surface area contributed by atoms with Crippen LogP contribution >= 0.6 is 11.6 Å². The Morgan fingerprint density at radius 2 is 1.90 bits per heavy atom. The molecule has 1 atom stereocenters. The Bertz CT molecular complexity index is 1220. The smallest absolute Gasteiger partial charge is 0.408 e. The van der Waals surface area contributed by atoms with E-state index < -0.39 is 47.7 Å². The van der Waals surface area contributed by atoms with E-state index in [0.717, 1.165) is 25.1 Å². The van der Waals surface area contributed by atoms with Gasteiger partial charge in [-0.25, -0.2) is 4.98 Å². The highest BCUT2D eigenvalue weighted by molar-refractivity contribution is 7.51. The van der Waals surface area contributed by atoms with Crippen LogP contribution in [0.25, 0.3) is 11.3 Å². The molecule has 10 nitrogen and oxygen atoms in total. The number of pyridine rings is 1. The summed E-state index contributed by atoms with van der Waals surface area (Å²) in [5.74, 6) is -1.01. The lowest BCUT2D eigenvalue weighted by Crippen LogP contribution is -2.45. The number of hydrogen-bond donors (Lipinski definition) is 3. The molecule has 2 heterocycles. The minimum absolute atomic E-state index is 0.0112. The number of aromatic nitrogens is 3. The van der Waals surface area contributed by atoms with E-state index in [4.69, 9.17) is 20.0 Å². The van der Waals surface area contributed by atoms with Gasteiger partial charge in [0.25, 0.3) is 5.91 Å². The first-order valence-electron chi connectivity index (χ1n) is 12.7. The van der Waals surface area contributed by atoms with Gasteiger partial charge in [-0.15, -0.1) is 0 Å². The number of carbonyl (C=O) groups is 1. The van der Waals surface area contributed by atoms with Gasteiger partial charge in [0.1, 0.15) is 17.6 Å².